The fourth-order valence-corrected chi connectivity index (χ4v) is 3.59. The third kappa shape index (κ3) is 5.26. The third-order valence-corrected chi connectivity index (χ3v) is 5.16. The van der Waals surface area contributed by atoms with Crippen molar-refractivity contribution >= 4 is 5.91 Å². The predicted molar refractivity (Wildman–Crippen MR) is 87.2 cm³/mol. The Kier molecular flexibility index (Phi) is 6.49. The molecule has 0 aromatic rings. The molecule has 122 valence electrons. The van der Waals surface area contributed by atoms with E-state index in [1.807, 2.05) is 0 Å². The zero-order chi connectivity index (χ0) is 15.2. The van der Waals surface area contributed by atoms with E-state index in [0.717, 1.165) is 25.4 Å². The fourth-order valence-electron chi connectivity index (χ4n) is 3.59. The van der Waals surface area contributed by atoms with Crippen molar-refractivity contribution in [3.63, 3.8) is 0 Å². The van der Waals surface area contributed by atoms with Crippen molar-refractivity contribution in [1.29, 1.82) is 0 Å². The van der Waals surface area contributed by atoms with Crippen LogP contribution in [0.3, 0.4) is 0 Å². The van der Waals surface area contributed by atoms with Crippen LogP contribution in [0.25, 0.3) is 0 Å². The van der Waals surface area contributed by atoms with Crippen molar-refractivity contribution in [2.75, 3.05) is 26.2 Å². The summed E-state index contributed by atoms with van der Waals surface area (Å²) in [6.07, 6.45) is 5.58. The maximum absolute atomic E-state index is 12.1. The zero-order valence-corrected chi connectivity index (χ0v) is 14.0. The molecule has 0 saturated carbocycles. The average molecular weight is 295 g/mol. The van der Waals surface area contributed by atoms with E-state index in [4.69, 9.17) is 0 Å². The summed E-state index contributed by atoms with van der Waals surface area (Å²) in [5.74, 6) is 1.66. The van der Waals surface area contributed by atoms with Gasteiger partial charge in [0.25, 0.3) is 0 Å². The van der Waals surface area contributed by atoms with Crippen molar-refractivity contribution < 1.29 is 4.79 Å². The van der Waals surface area contributed by atoms with Crippen LogP contribution in [-0.4, -0.2) is 49.1 Å². The highest BCUT2D eigenvalue weighted by molar-refractivity contribution is 5.76. The van der Waals surface area contributed by atoms with Gasteiger partial charge in [-0.05, 0) is 57.2 Å². The Morgan fingerprint density at radius 1 is 1.29 bits per heavy atom. The summed E-state index contributed by atoms with van der Waals surface area (Å²) in [7, 11) is 0. The molecule has 2 heterocycles. The van der Waals surface area contributed by atoms with Crippen LogP contribution >= 0.6 is 0 Å². The largest absolute Gasteiger partial charge is 0.354 e. The molecule has 4 nitrogen and oxygen atoms in total. The predicted octanol–water partition coefficient (Wildman–Crippen LogP) is 2.00. The molecule has 4 heteroatoms. The van der Waals surface area contributed by atoms with Gasteiger partial charge in [0, 0.05) is 25.0 Å². The van der Waals surface area contributed by atoms with Gasteiger partial charge in [-0.3, -0.25) is 9.69 Å². The molecule has 0 aliphatic carbocycles. The number of rotatable bonds is 6. The molecule has 0 aromatic heterocycles. The summed E-state index contributed by atoms with van der Waals surface area (Å²) in [6, 6.07) is 0.885. The molecule has 2 atom stereocenters. The van der Waals surface area contributed by atoms with E-state index in [-0.39, 0.29) is 5.91 Å². The standard InChI is InChI=1S/C17H33N3O/c1-13(2)16(20-9-6-14(3)7-10-20)12-19-17(21)11-15-5-4-8-18-15/h13-16,18H,4-12H2,1-3H3,(H,19,21). The van der Waals surface area contributed by atoms with Crippen molar-refractivity contribution in [3.8, 4) is 0 Å². The normalized spacial score (nSPS) is 26.2. The number of hydrogen-bond acceptors (Lipinski definition) is 3. The Labute approximate surface area is 130 Å². The second-order valence-electron chi connectivity index (χ2n) is 7.33. The molecule has 0 aromatic carbocycles. The first-order chi connectivity index (χ1) is 10.1. The Morgan fingerprint density at radius 3 is 2.57 bits per heavy atom. The topological polar surface area (TPSA) is 44.4 Å². The number of carbonyl (C=O) groups excluding carboxylic acids is 1. The van der Waals surface area contributed by atoms with Crippen molar-refractivity contribution in [3.05, 3.63) is 0 Å². The summed E-state index contributed by atoms with van der Waals surface area (Å²) >= 11 is 0. The van der Waals surface area contributed by atoms with Gasteiger partial charge in [-0.2, -0.15) is 0 Å². The molecule has 2 aliphatic heterocycles. The lowest BCUT2D eigenvalue weighted by atomic mass is 9.94. The highest BCUT2D eigenvalue weighted by Gasteiger charge is 2.26. The third-order valence-electron chi connectivity index (χ3n) is 5.16. The van der Waals surface area contributed by atoms with Gasteiger partial charge in [0.2, 0.25) is 5.91 Å². The van der Waals surface area contributed by atoms with Crippen LogP contribution in [0, 0.1) is 11.8 Å². The summed E-state index contributed by atoms with van der Waals surface area (Å²) < 4.78 is 0. The van der Waals surface area contributed by atoms with Gasteiger partial charge in [-0.25, -0.2) is 0 Å². The molecule has 2 N–H and O–H groups in total. The van der Waals surface area contributed by atoms with E-state index in [1.165, 1.54) is 32.4 Å². The smallest absolute Gasteiger partial charge is 0.221 e. The van der Waals surface area contributed by atoms with Crippen LogP contribution in [0.1, 0.15) is 52.9 Å². The van der Waals surface area contributed by atoms with Crippen molar-refractivity contribution in [2.45, 2.75) is 65.0 Å². The van der Waals surface area contributed by atoms with E-state index >= 15 is 0 Å². The SMILES string of the molecule is CC1CCN(C(CNC(=O)CC2CCCN2)C(C)C)CC1. The lowest BCUT2D eigenvalue weighted by Gasteiger charge is -2.39. The Hall–Kier alpha value is -0.610. The lowest BCUT2D eigenvalue weighted by molar-refractivity contribution is -0.121. The maximum atomic E-state index is 12.1. The molecule has 1 amide bonds. The van der Waals surface area contributed by atoms with Crippen molar-refractivity contribution in [2.24, 2.45) is 11.8 Å². The summed E-state index contributed by atoms with van der Waals surface area (Å²) in [5.41, 5.74) is 0. The summed E-state index contributed by atoms with van der Waals surface area (Å²) in [5, 5.41) is 6.57. The highest BCUT2D eigenvalue weighted by atomic mass is 16.1. The van der Waals surface area contributed by atoms with E-state index in [0.29, 0.717) is 24.4 Å². The minimum absolute atomic E-state index is 0.213. The van der Waals surface area contributed by atoms with Gasteiger partial charge >= 0.3 is 0 Å². The minimum Gasteiger partial charge on any atom is -0.354 e. The molecular weight excluding hydrogens is 262 g/mol. The number of piperidine rings is 1. The molecule has 0 spiro atoms. The number of nitrogens with one attached hydrogen (secondary N) is 2. The number of carbonyl (C=O) groups is 1. The lowest BCUT2D eigenvalue weighted by Crippen LogP contribution is -2.50. The van der Waals surface area contributed by atoms with Crippen LogP contribution in [0.2, 0.25) is 0 Å². The second kappa shape index (κ2) is 8.14. The molecular formula is C17H33N3O. The molecule has 0 bridgehead atoms. The van der Waals surface area contributed by atoms with Crippen LogP contribution in [0.15, 0.2) is 0 Å². The molecule has 2 aliphatic rings. The van der Waals surface area contributed by atoms with Gasteiger partial charge in [0.05, 0.1) is 0 Å². The van der Waals surface area contributed by atoms with Gasteiger partial charge in [0.1, 0.15) is 0 Å². The Bertz CT molecular complexity index is 318. The Morgan fingerprint density at radius 2 is 2.00 bits per heavy atom. The number of nitrogens with zero attached hydrogens (tertiary/aromatic N) is 1. The monoisotopic (exact) mass is 295 g/mol. The molecule has 2 unspecified atom stereocenters. The highest BCUT2D eigenvalue weighted by Crippen LogP contribution is 2.21. The minimum atomic E-state index is 0.213. The molecule has 2 rings (SSSR count). The first kappa shape index (κ1) is 16.8. The van der Waals surface area contributed by atoms with Crippen LogP contribution in [0.4, 0.5) is 0 Å². The van der Waals surface area contributed by atoms with Crippen molar-refractivity contribution in [1.82, 2.24) is 15.5 Å². The van der Waals surface area contributed by atoms with E-state index in [1.54, 1.807) is 0 Å². The van der Waals surface area contributed by atoms with Gasteiger partial charge in [-0.1, -0.05) is 20.8 Å². The zero-order valence-electron chi connectivity index (χ0n) is 14.0. The first-order valence-electron chi connectivity index (χ1n) is 8.80. The summed E-state index contributed by atoms with van der Waals surface area (Å²) in [6.45, 7) is 11.1. The average Bonchev–Trinajstić information content (AvgIpc) is 2.93. The first-order valence-corrected chi connectivity index (χ1v) is 8.80. The van der Waals surface area contributed by atoms with Crippen LogP contribution in [0.5, 0.6) is 0 Å². The number of likely N-dealkylation sites (tertiary alicyclic amines) is 1. The Balaban J connectivity index is 1.75. The van der Waals surface area contributed by atoms with Gasteiger partial charge in [0.15, 0.2) is 0 Å². The van der Waals surface area contributed by atoms with Crippen LogP contribution < -0.4 is 10.6 Å². The summed E-state index contributed by atoms with van der Waals surface area (Å²) in [4.78, 5) is 14.7. The second-order valence-corrected chi connectivity index (χ2v) is 7.33. The molecule has 21 heavy (non-hydrogen) atoms. The number of hydrogen-bond donors (Lipinski definition) is 2. The van der Waals surface area contributed by atoms with E-state index < -0.39 is 0 Å². The van der Waals surface area contributed by atoms with Gasteiger partial charge < -0.3 is 10.6 Å². The van der Waals surface area contributed by atoms with E-state index in [9.17, 15) is 4.79 Å². The quantitative estimate of drug-likeness (QED) is 0.788. The fraction of sp³-hybridized carbons (Fsp3) is 0.941. The van der Waals surface area contributed by atoms with Crippen LogP contribution in [-0.2, 0) is 4.79 Å². The maximum Gasteiger partial charge on any atom is 0.221 e. The molecule has 2 saturated heterocycles. The number of amides is 1. The molecule has 0 radical (unpaired) electrons. The van der Waals surface area contributed by atoms with E-state index in [2.05, 4.69) is 36.3 Å². The molecule has 2 fully saturated rings. The van der Waals surface area contributed by atoms with Gasteiger partial charge in [-0.15, -0.1) is 0 Å².